The lowest BCUT2D eigenvalue weighted by Crippen LogP contribution is -2.52. The predicted octanol–water partition coefficient (Wildman–Crippen LogP) is -0.455. The first-order chi connectivity index (χ1) is 8.65. The lowest BCUT2D eigenvalue weighted by atomic mass is 10.1. The van der Waals surface area contributed by atoms with Gasteiger partial charge in [-0.2, -0.15) is 0 Å². The molecule has 2 rings (SSSR count). The highest BCUT2D eigenvalue weighted by molar-refractivity contribution is 6.01. The van der Waals surface area contributed by atoms with Crippen molar-refractivity contribution in [2.45, 2.75) is 25.3 Å². The summed E-state index contributed by atoms with van der Waals surface area (Å²) in [5.41, 5.74) is 0.780. The highest BCUT2D eigenvalue weighted by Crippen LogP contribution is 2.05. The van der Waals surface area contributed by atoms with E-state index in [1.54, 1.807) is 24.5 Å². The second-order valence-corrected chi connectivity index (χ2v) is 4.11. The van der Waals surface area contributed by atoms with Crippen molar-refractivity contribution in [3.63, 3.8) is 0 Å². The van der Waals surface area contributed by atoms with Gasteiger partial charge in [-0.1, -0.05) is 6.07 Å². The lowest BCUT2D eigenvalue weighted by molar-refractivity contribution is -0.137. The van der Waals surface area contributed by atoms with Crippen molar-refractivity contribution in [1.29, 1.82) is 0 Å². The first-order valence-corrected chi connectivity index (χ1v) is 5.67. The monoisotopic (exact) mass is 247 g/mol. The molecule has 2 heterocycles. The molecule has 0 spiro atoms. The number of nitrogens with one attached hydrogen (secondary N) is 2. The van der Waals surface area contributed by atoms with Gasteiger partial charge in [0.05, 0.1) is 6.42 Å². The van der Waals surface area contributed by atoms with Gasteiger partial charge in [0.2, 0.25) is 17.7 Å². The molecule has 1 aliphatic heterocycles. The van der Waals surface area contributed by atoms with Gasteiger partial charge >= 0.3 is 0 Å². The largest absolute Gasteiger partial charge is 0.344 e. The number of amides is 3. The average molecular weight is 247 g/mol. The summed E-state index contributed by atoms with van der Waals surface area (Å²) in [4.78, 5) is 38.0. The molecular formula is C12H13N3O3. The van der Waals surface area contributed by atoms with E-state index in [9.17, 15) is 14.4 Å². The molecule has 94 valence electrons. The number of imide groups is 1. The van der Waals surface area contributed by atoms with Crippen molar-refractivity contribution >= 4 is 17.7 Å². The Bertz CT molecular complexity index is 473. The first-order valence-electron chi connectivity index (χ1n) is 5.67. The molecule has 1 saturated heterocycles. The van der Waals surface area contributed by atoms with Crippen LogP contribution in [0, 0.1) is 0 Å². The van der Waals surface area contributed by atoms with Gasteiger partial charge in [-0.3, -0.25) is 24.7 Å². The van der Waals surface area contributed by atoms with Crippen LogP contribution in [0.2, 0.25) is 0 Å². The Morgan fingerprint density at radius 2 is 2.33 bits per heavy atom. The van der Waals surface area contributed by atoms with E-state index in [1.165, 1.54) is 0 Å². The van der Waals surface area contributed by atoms with Crippen molar-refractivity contribution < 1.29 is 14.4 Å². The molecule has 1 aromatic rings. The Morgan fingerprint density at radius 1 is 1.50 bits per heavy atom. The molecule has 2 N–H and O–H groups in total. The van der Waals surface area contributed by atoms with Crippen molar-refractivity contribution in [3.05, 3.63) is 30.1 Å². The molecule has 6 nitrogen and oxygen atoms in total. The normalized spacial score (nSPS) is 19.2. The van der Waals surface area contributed by atoms with Crippen LogP contribution in [0.25, 0.3) is 0 Å². The highest BCUT2D eigenvalue weighted by Gasteiger charge is 2.27. The highest BCUT2D eigenvalue weighted by atomic mass is 16.2. The summed E-state index contributed by atoms with van der Waals surface area (Å²) in [6, 6.07) is 2.91. The third kappa shape index (κ3) is 3.13. The first kappa shape index (κ1) is 12.2. The number of aromatic nitrogens is 1. The second-order valence-electron chi connectivity index (χ2n) is 4.11. The van der Waals surface area contributed by atoms with Crippen LogP contribution >= 0.6 is 0 Å². The number of carbonyl (C=O) groups excluding carboxylic acids is 3. The quantitative estimate of drug-likeness (QED) is 0.708. The second kappa shape index (κ2) is 5.39. The number of hydrogen-bond donors (Lipinski definition) is 2. The summed E-state index contributed by atoms with van der Waals surface area (Å²) in [5, 5.41) is 4.80. The Balaban J connectivity index is 1.88. The van der Waals surface area contributed by atoms with Crippen LogP contribution < -0.4 is 10.6 Å². The number of pyridine rings is 1. The molecule has 1 fully saturated rings. The zero-order chi connectivity index (χ0) is 13.0. The van der Waals surface area contributed by atoms with Crippen LogP contribution in [0.1, 0.15) is 18.4 Å². The van der Waals surface area contributed by atoms with Gasteiger partial charge in [-0.15, -0.1) is 0 Å². The van der Waals surface area contributed by atoms with Crippen LogP contribution in [0.3, 0.4) is 0 Å². The molecule has 6 heteroatoms. The van der Waals surface area contributed by atoms with Crippen LogP contribution in [-0.4, -0.2) is 28.7 Å². The van der Waals surface area contributed by atoms with Crippen LogP contribution in [0.4, 0.5) is 0 Å². The third-order valence-electron chi connectivity index (χ3n) is 2.66. The summed E-state index contributed by atoms with van der Waals surface area (Å²) in [5.74, 6) is -0.985. The fraction of sp³-hybridized carbons (Fsp3) is 0.333. The summed E-state index contributed by atoms with van der Waals surface area (Å²) in [6.45, 7) is 0. The van der Waals surface area contributed by atoms with Gasteiger partial charge in [0, 0.05) is 18.8 Å². The maximum absolute atomic E-state index is 11.7. The maximum Gasteiger partial charge on any atom is 0.249 e. The molecule has 18 heavy (non-hydrogen) atoms. The summed E-state index contributed by atoms with van der Waals surface area (Å²) in [6.07, 6.45) is 4.00. The molecule has 0 bridgehead atoms. The maximum atomic E-state index is 11.7. The van der Waals surface area contributed by atoms with E-state index < -0.39 is 11.9 Å². The summed E-state index contributed by atoms with van der Waals surface area (Å²) >= 11 is 0. The van der Waals surface area contributed by atoms with E-state index in [4.69, 9.17) is 0 Å². The van der Waals surface area contributed by atoms with E-state index in [2.05, 4.69) is 15.6 Å². The summed E-state index contributed by atoms with van der Waals surface area (Å²) in [7, 11) is 0. The standard InChI is InChI=1S/C12H13N3O3/c16-10-4-3-9(12(18)15-10)14-11(17)6-8-2-1-5-13-7-8/h1-2,5,7,9H,3-4,6H2,(H,14,17)(H,15,16,18). The average Bonchev–Trinajstić information content (AvgIpc) is 2.34. The van der Waals surface area contributed by atoms with Gasteiger partial charge < -0.3 is 5.32 Å². The molecular weight excluding hydrogens is 234 g/mol. The van der Waals surface area contributed by atoms with E-state index in [1.807, 2.05) is 0 Å². The SMILES string of the molecule is O=C1CCC(NC(=O)Cc2cccnc2)C(=O)N1. The Kier molecular flexibility index (Phi) is 3.66. The lowest BCUT2D eigenvalue weighted by Gasteiger charge is -2.21. The van der Waals surface area contributed by atoms with E-state index in [-0.39, 0.29) is 24.7 Å². The van der Waals surface area contributed by atoms with Gasteiger partial charge in [0.1, 0.15) is 6.04 Å². The van der Waals surface area contributed by atoms with Crippen LogP contribution in [0.15, 0.2) is 24.5 Å². The number of hydrogen-bond acceptors (Lipinski definition) is 4. The van der Waals surface area contributed by atoms with Crippen LogP contribution in [-0.2, 0) is 20.8 Å². The Hall–Kier alpha value is -2.24. The predicted molar refractivity (Wildman–Crippen MR) is 62.3 cm³/mol. The minimum absolute atomic E-state index is 0.172. The third-order valence-corrected chi connectivity index (χ3v) is 2.66. The van der Waals surface area contributed by atoms with E-state index in [0.29, 0.717) is 6.42 Å². The van der Waals surface area contributed by atoms with Crippen molar-refractivity contribution in [1.82, 2.24) is 15.6 Å². The van der Waals surface area contributed by atoms with Crippen molar-refractivity contribution in [3.8, 4) is 0 Å². The zero-order valence-electron chi connectivity index (χ0n) is 9.68. The molecule has 3 amide bonds. The topological polar surface area (TPSA) is 88.2 Å². The molecule has 0 aliphatic carbocycles. The molecule has 1 aromatic heterocycles. The number of rotatable bonds is 3. The molecule has 1 aliphatic rings. The van der Waals surface area contributed by atoms with Crippen molar-refractivity contribution in [2.24, 2.45) is 0 Å². The smallest absolute Gasteiger partial charge is 0.249 e. The zero-order valence-corrected chi connectivity index (χ0v) is 9.68. The van der Waals surface area contributed by atoms with Crippen LogP contribution in [0.5, 0.6) is 0 Å². The van der Waals surface area contributed by atoms with E-state index >= 15 is 0 Å². The van der Waals surface area contributed by atoms with Crippen molar-refractivity contribution in [2.75, 3.05) is 0 Å². The Labute approximate surface area is 104 Å². The van der Waals surface area contributed by atoms with Gasteiger partial charge in [-0.05, 0) is 18.1 Å². The van der Waals surface area contributed by atoms with Gasteiger partial charge in [-0.25, -0.2) is 0 Å². The minimum atomic E-state index is -0.619. The molecule has 0 saturated carbocycles. The number of piperidine rings is 1. The van der Waals surface area contributed by atoms with Gasteiger partial charge in [0.15, 0.2) is 0 Å². The molecule has 1 unspecified atom stereocenters. The molecule has 0 aromatic carbocycles. The number of carbonyl (C=O) groups is 3. The van der Waals surface area contributed by atoms with Gasteiger partial charge in [0.25, 0.3) is 0 Å². The van der Waals surface area contributed by atoms with E-state index in [0.717, 1.165) is 5.56 Å². The number of nitrogens with zero attached hydrogens (tertiary/aromatic N) is 1. The summed E-state index contributed by atoms with van der Waals surface area (Å²) < 4.78 is 0. The fourth-order valence-corrected chi connectivity index (χ4v) is 1.76. The Morgan fingerprint density at radius 3 is 3.00 bits per heavy atom. The molecule has 1 atom stereocenters. The fourth-order valence-electron chi connectivity index (χ4n) is 1.76. The molecule has 0 radical (unpaired) electrons. The minimum Gasteiger partial charge on any atom is -0.344 e.